The van der Waals surface area contributed by atoms with Crippen molar-refractivity contribution in [2.24, 2.45) is 7.05 Å². The van der Waals surface area contributed by atoms with Crippen LogP contribution in [-0.2, 0) is 7.05 Å². The van der Waals surface area contributed by atoms with Gasteiger partial charge in [-0.1, -0.05) is 6.08 Å². The lowest BCUT2D eigenvalue weighted by Gasteiger charge is -1.96. The summed E-state index contributed by atoms with van der Waals surface area (Å²) in [5.74, 6) is -0.404. The van der Waals surface area contributed by atoms with E-state index in [1.807, 2.05) is 13.0 Å². The fourth-order valence-electron chi connectivity index (χ4n) is 0.920. The van der Waals surface area contributed by atoms with Gasteiger partial charge in [0.2, 0.25) is 0 Å². The molecule has 13 heavy (non-hydrogen) atoms. The highest BCUT2D eigenvalue weighted by Crippen LogP contribution is 2.19. The number of aryl methyl sites for hydroxylation is 1. The van der Waals surface area contributed by atoms with Crippen LogP contribution in [-0.4, -0.2) is 20.6 Å². The maximum Gasteiger partial charge on any atom is 0.356 e. The molecule has 1 heterocycles. The van der Waals surface area contributed by atoms with Crippen molar-refractivity contribution in [1.82, 2.24) is 9.55 Å². The molecule has 0 spiro atoms. The molecule has 70 valence electrons. The van der Waals surface area contributed by atoms with Gasteiger partial charge in [0.25, 0.3) is 0 Å². The number of halogens is 1. The molecule has 0 atom stereocenters. The fourth-order valence-corrected chi connectivity index (χ4v) is 1.29. The number of carboxylic acids is 1. The summed E-state index contributed by atoms with van der Waals surface area (Å²) in [6.07, 6.45) is 3.29. The van der Waals surface area contributed by atoms with Crippen molar-refractivity contribution < 1.29 is 9.90 Å². The summed E-state index contributed by atoms with van der Waals surface area (Å²) in [6.45, 7) is 1.85. The van der Waals surface area contributed by atoms with E-state index in [1.54, 1.807) is 11.6 Å². The number of carbonyl (C=O) groups is 1. The highest BCUT2D eigenvalue weighted by molar-refractivity contribution is 9.15. The molecule has 5 heteroatoms. The second kappa shape index (κ2) is 3.74. The van der Waals surface area contributed by atoms with Gasteiger partial charge in [-0.25, -0.2) is 9.78 Å². The molecule has 0 saturated carbocycles. The smallest absolute Gasteiger partial charge is 0.356 e. The van der Waals surface area contributed by atoms with Crippen LogP contribution in [0.3, 0.4) is 0 Å². The van der Waals surface area contributed by atoms with Gasteiger partial charge < -0.3 is 9.67 Å². The largest absolute Gasteiger partial charge is 0.476 e. The molecule has 0 fully saturated rings. The van der Waals surface area contributed by atoms with Crippen molar-refractivity contribution in [3.05, 3.63) is 23.8 Å². The van der Waals surface area contributed by atoms with Crippen LogP contribution in [0.1, 0.15) is 23.2 Å². The van der Waals surface area contributed by atoms with Crippen molar-refractivity contribution in [2.75, 3.05) is 0 Å². The van der Waals surface area contributed by atoms with E-state index in [4.69, 9.17) is 5.11 Å². The maximum absolute atomic E-state index is 10.6. The zero-order chi connectivity index (χ0) is 10.0. The Hall–Kier alpha value is -1.10. The van der Waals surface area contributed by atoms with E-state index in [2.05, 4.69) is 20.9 Å². The second-order valence-electron chi connectivity index (χ2n) is 2.50. The Morgan fingerprint density at radius 3 is 2.77 bits per heavy atom. The Kier molecular flexibility index (Phi) is 2.87. The minimum absolute atomic E-state index is 0.0521. The molecule has 1 aromatic rings. The van der Waals surface area contributed by atoms with Gasteiger partial charge in [-0.15, -0.1) is 0 Å². The van der Waals surface area contributed by atoms with Crippen LogP contribution in [0.5, 0.6) is 0 Å². The topological polar surface area (TPSA) is 55.1 Å². The summed E-state index contributed by atoms with van der Waals surface area (Å²) >= 11 is 3.28. The van der Waals surface area contributed by atoms with E-state index >= 15 is 0 Å². The molecular formula is C8H9BrN2O2. The molecule has 1 aromatic heterocycles. The first kappa shape index (κ1) is 9.98. The summed E-state index contributed by atoms with van der Waals surface area (Å²) in [5.41, 5.74) is 0.0521. The first-order chi connectivity index (χ1) is 6.06. The molecule has 1 rings (SSSR count). The average Bonchev–Trinajstić information content (AvgIpc) is 2.46. The molecule has 0 aliphatic rings. The summed E-state index contributed by atoms with van der Waals surface area (Å²) in [6, 6.07) is 0. The summed E-state index contributed by atoms with van der Waals surface area (Å²) in [5, 5.41) is 8.67. The van der Waals surface area contributed by atoms with Crippen molar-refractivity contribution in [3.63, 3.8) is 0 Å². The molecular weight excluding hydrogens is 236 g/mol. The third-order valence-electron chi connectivity index (χ3n) is 1.56. The number of aromatic nitrogens is 2. The first-order valence-corrected chi connectivity index (χ1v) is 4.44. The Balaban J connectivity index is 3.18. The molecule has 0 radical (unpaired) electrons. The minimum Gasteiger partial charge on any atom is -0.476 e. The number of hydrogen-bond acceptors (Lipinski definition) is 2. The first-order valence-electron chi connectivity index (χ1n) is 3.65. The van der Waals surface area contributed by atoms with Gasteiger partial charge >= 0.3 is 5.97 Å². The van der Waals surface area contributed by atoms with E-state index in [-0.39, 0.29) is 5.69 Å². The Morgan fingerprint density at radius 1 is 1.77 bits per heavy atom. The van der Waals surface area contributed by atoms with Crippen LogP contribution < -0.4 is 0 Å². The highest BCUT2D eigenvalue weighted by Gasteiger charge is 2.11. The van der Waals surface area contributed by atoms with Gasteiger partial charge in [-0.3, -0.25) is 0 Å². The average molecular weight is 245 g/mol. The van der Waals surface area contributed by atoms with Crippen molar-refractivity contribution in [2.45, 2.75) is 6.92 Å². The Morgan fingerprint density at radius 2 is 2.38 bits per heavy atom. The van der Waals surface area contributed by atoms with Crippen LogP contribution in [0, 0.1) is 0 Å². The molecule has 4 nitrogen and oxygen atoms in total. The number of aromatic carboxylic acids is 1. The molecule has 1 N–H and O–H groups in total. The van der Waals surface area contributed by atoms with Gasteiger partial charge in [0.15, 0.2) is 5.69 Å². The van der Waals surface area contributed by atoms with Crippen molar-refractivity contribution in [1.29, 1.82) is 0 Å². The highest BCUT2D eigenvalue weighted by atomic mass is 79.9. The number of imidazole rings is 1. The quantitative estimate of drug-likeness (QED) is 0.865. The molecule has 0 aliphatic heterocycles. The molecule has 0 amide bonds. The van der Waals surface area contributed by atoms with E-state index in [0.717, 1.165) is 4.48 Å². The fraction of sp³-hybridized carbons (Fsp3) is 0.250. The second-order valence-corrected chi connectivity index (χ2v) is 3.36. The monoisotopic (exact) mass is 244 g/mol. The lowest BCUT2D eigenvalue weighted by atomic mass is 10.5. The molecule has 0 bridgehead atoms. The zero-order valence-corrected chi connectivity index (χ0v) is 8.87. The number of allylic oxidation sites excluding steroid dienone is 1. The predicted molar refractivity (Wildman–Crippen MR) is 52.7 cm³/mol. The normalized spacial score (nSPS) is 11.8. The van der Waals surface area contributed by atoms with Gasteiger partial charge in [0, 0.05) is 13.2 Å². The zero-order valence-electron chi connectivity index (χ0n) is 7.28. The lowest BCUT2D eigenvalue weighted by molar-refractivity contribution is 0.0691. The lowest BCUT2D eigenvalue weighted by Crippen LogP contribution is -1.95. The van der Waals surface area contributed by atoms with Crippen molar-refractivity contribution >= 4 is 26.4 Å². The Bertz CT molecular complexity index is 368. The van der Waals surface area contributed by atoms with Crippen LogP contribution >= 0.6 is 15.9 Å². The molecule has 0 aliphatic carbocycles. The molecule has 0 saturated heterocycles. The number of carboxylic acid groups (broad SMARTS) is 1. The third kappa shape index (κ3) is 1.98. The number of nitrogens with zero attached hydrogens (tertiary/aromatic N) is 2. The maximum atomic E-state index is 10.6. The van der Waals surface area contributed by atoms with E-state index < -0.39 is 5.97 Å². The summed E-state index contributed by atoms with van der Waals surface area (Å²) in [7, 11) is 1.75. The van der Waals surface area contributed by atoms with Crippen molar-refractivity contribution in [3.8, 4) is 0 Å². The Labute approximate surface area is 84.0 Å². The van der Waals surface area contributed by atoms with Gasteiger partial charge in [-0.05, 0) is 22.9 Å². The van der Waals surface area contributed by atoms with Crippen LogP contribution in [0.2, 0.25) is 0 Å². The third-order valence-corrected chi connectivity index (χ3v) is 2.38. The van der Waals surface area contributed by atoms with E-state index in [9.17, 15) is 4.79 Å². The van der Waals surface area contributed by atoms with Gasteiger partial charge in [0.1, 0.15) is 5.82 Å². The van der Waals surface area contributed by atoms with Crippen LogP contribution in [0.15, 0.2) is 12.3 Å². The standard InChI is InChI=1S/C8H9BrN2O2/c1-3-5(9)7-10-6(8(12)13)4-11(7)2/h3-4H,1-2H3,(H,12,13)/b5-3+. The molecule has 0 aromatic carbocycles. The molecule has 0 unspecified atom stereocenters. The van der Waals surface area contributed by atoms with Gasteiger partial charge in [-0.2, -0.15) is 0 Å². The number of rotatable bonds is 2. The van der Waals surface area contributed by atoms with E-state index in [1.165, 1.54) is 6.20 Å². The van der Waals surface area contributed by atoms with Crippen LogP contribution in [0.25, 0.3) is 4.48 Å². The summed E-state index contributed by atoms with van der Waals surface area (Å²) < 4.78 is 2.44. The minimum atomic E-state index is -1.02. The predicted octanol–water partition coefficient (Wildman–Crippen LogP) is 1.87. The van der Waals surface area contributed by atoms with Crippen LogP contribution in [0.4, 0.5) is 0 Å². The SMILES string of the molecule is C/C=C(/Br)c1nc(C(=O)O)cn1C. The number of hydrogen-bond donors (Lipinski definition) is 1. The van der Waals surface area contributed by atoms with Gasteiger partial charge in [0.05, 0.1) is 4.48 Å². The summed E-state index contributed by atoms with van der Waals surface area (Å²) in [4.78, 5) is 14.5. The van der Waals surface area contributed by atoms with E-state index in [0.29, 0.717) is 5.82 Å².